The van der Waals surface area contributed by atoms with Gasteiger partial charge in [-0.05, 0) is 46.2 Å². The molecule has 2 heterocycles. The Kier molecular flexibility index (Phi) is 6.49. The highest BCUT2D eigenvalue weighted by atomic mass is 35.5. The summed E-state index contributed by atoms with van der Waals surface area (Å²) in [7, 11) is 0. The first kappa shape index (κ1) is 17.0. The molecule has 1 aliphatic rings. The molecule has 2 rings (SSSR count). The smallest absolute Gasteiger partial charge is 0.259 e. The second kappa shape index (κ2) is 7.64. The zero-order valence-corrected chi connectivity index (χ0v) is 13.3. The molecule has 0 aromatic carbocycles. The Balaban J connectivity index is 0.00000200. The van der Waals surface area contributed by atoms with Crippen molar-refractivity contribution in [3.8, 4) is 0 Å². The van der Waals surface area contributed by atoms with E-state index in [1.165, 1.54) is 0 Å². The van der Waals surface area contributed by atoms with E-state index in [0.29, 0.717) is 23.1 Å². The van der Waals surface area contributed by atoms with E-state index in [1.54, 1.807) is 6.92 Å². The molecule has 0 saturated carbocycles. The first-order valence-electron chi connectivity index (χ1n) is 7.09. The Labute approximate surface area is 126 Å². The fourth-order valence-corrected chi connectivity index (χ4v) is 2.74. The topological polar surface area (TPSA) is 58.4 Å². The van der Waals surface area contributed by atoms with Gasteiger partial charge in [-0.1, -0.05) is 12.1 Å². The molecule has 6 heteroatoms. The number of nitrogens with one attached hydrogen (secondary N) is 1. The highest BCUT2D eigenvalue weighted by molar-refractivity contribution is 5.96. The molecule has 5 nitrogen and oxygen atoms in total. The van der Waals surface area contributed by atoms with E-state index < -0.39 is 0 Å². The number of halogens is 1. The predicted molar refractivity (Wildman–Crippen MR) is 80.4 cm³/mol. The summed E-state index contributed by atoms with van der Waals surface area (Å²) >= 11 is 0. The fourth-order valence-electron chi connectivity index (χ4n) is 2.74. The Bertz CT molecular complexity index is 422. The molecule has 1 amide bonds. The van der Waals surface area contributed by atoms with E-state index in [4.69, 9.17) is 4.52 Å². The van der Waals surface area contributed by atoms with Crippen LogP contribution >= 0.6 is 12.4 Å². The maximum atomic E-state index is 12.7. The van der Waals surface area contributed by atoms with Crippen molar-refractivity contribution in [3.05, 3.63) is 17.0 Å². The van der Waals surface area contributed by atoms with Gasteiger partial charge >= 0.3 is 0 Å². The molecular formula is C14H24ClN3O2. The summed E-state index contributed by atoms with van der Waals surface area (Å²) < 4.78 is 5.12. The third-order valence-electron chi connectivity index (χ3n) is 3.72. The molecule has 1 saturated heterocycles. The molecule has 0 radical (unpaired) electrons. The van der Waals surface area contributed by atoms with Crippen molar-refractivity contribution >= 4 is 18.3 Å². The first-order valence-corrected chi connectivity index (χ1v) is 7.09. The van der Waals surface area contributed by atoms with Gasteiger partial charge in [-0.3, -0.25) is 4.79 Å². The van der Waals surface area contributed by atoms with Gasteiger partial charge in [0.25, 0.3) is 5.91 Å². The van der Waals surface area contributed by atoms with E-state index in [-0.39, 0.29) is 18.3 Å². The van der Waals surface area contributed by atoms with Crippen LogP contribution in [-0.2, 0) is 0 Å². The van der Waals surface area contributed by atoms with Crippen molar-refractivity contribution in [3.63, 3.8) is 0 Å². The molecule has 20 heavy (non-hydrogen) atoms. The second-order valence-electron chi connectivity index (χ2n) is 5.18. The van der Waals surface area contributed by atoms with Crippen molar-refractivity contribution in [2.45, 2.75) is 46.1 Å². The molecule has 1 aromatic rings. The second-order valence-corrected chi connectivity index (χ2v) is 5.18. The number of piperidine rings is 1. The number of aryl methyl sites for hydroxylation is 2. The van der Waals surface area contributed by atoms with Gasteiger partial charge in [-0.25, -0.2) is 0 Å². The number of hydrogen-bond donors (Lipinski definition) is 1. The summed E-state index contributed by atoms with van der Waals surface area (Å²) in [6.45, 7) is 8.51. The van der Waals surface area contributed by atoms with Crippen LogP contribution in [0.25, 0.3) is 0 Å². The molecule has 1 aromatic heterocycles. The van der Waals surface area contributed by atoms with E-state index >= 15 is 0 Å². The molecule has 1 aliphatic heterocycles. The molecule has 0 unspecified atom stereocenters. The lowest BCUT2D eigenvalue weighted by atomic mass is 10.0. The number of carbonyl (C=O) groups is 1. The minimum atomic E-state index is 0. The van der Waals surface area contributed by atoms with Gasteiger partial charge in [0.15, 0.2) is 0 Å². The lowest BCUT2D eigenvalue weighted by Crippen LogP contribution is -2.46. The van der Waals surface area contributed by atoms with Gasteiger partial charge in [-0.2, -0.15) is 0 Å². The highest BCUT2D eigenvalue weighted by Gasteiger charge is 2.29. The number of aromatic nitrogens is 1. The normalized spacial score (nSPS) is 15.8. The lowest BCUT2D eigenvalue weighted by Gasteiger charge is -2.34. The van der Waals surface area contributed by atoms with E-state index in [9.17, 15) is 4.79 Å². The van der Waals surface area contributed by atoms with Gasteiger partial charge in [0.1, 0.15) is 11.3 Å². The zero-order valence-electron chi connectivity index (χ0n) is 12.4. The molecule has 114 valence electrons. The quantitative estimate of drug-likeness (QED) is 0.927. The van der Waals surface area contributed by atoms with Gasteiger partial charge in [-0.15, -0.1) is 12.4 Å². The van der Waals surface area contributed by atoms with Crippen molar-refractivity contribution < 1.29 is 9.32 Å². The fraction of sp³-hybridized carbons (Fsp3) is 0.714. The number of hydrogen-bond acceptors (Lipinski definition) is 4. The molecule has 0 spiro atoms. The Morgan fingerprint density at radius 3 is 2.55 bits per heavy atom. The Morgan fingerprint density at radius 2 is 2.05 bits per heavy atom. The van der Waals surface area contributed by atoms with E-state index in [0.717, 1.165) is 38.9 Å². The van der Waals surface area contributed by atoms with Gasteiger partial charge in [0, 0.05) is 12.6 Å². The molecule has 0 aliphatic carbocycles. The monoisotopic (exact) mass is 301 g/mol. The molecule has 1 N–H and O–H groups in total. The average molecular weight is 302 g/mol. The van der Waals surface area contributed by atoms with Crippen LogP contribution in [0.5, 0.6) is 0 Å². The minimum absolute atomic E-state index is 0. The highest BCUT2D eigenvalue weighted by Crippen LogP contribution is 2.20. The SMILES string of the molecule is CCCN(C(=O)c1c(C)noc1C)C1CCNCC1.Cl. The van der Waals surface area contributed by atoms with Crippen molar-refractivity contribution in [1.29, 1.82) is 0 Å². The Morgan fingerprint density at radius 1 is 1.40 bits per heavy atom. The third-order valence-corrected chi connectivity index (χ3v) is 3.72. The summed E-state index contributed by atoms with van der Waals surface area (Å²) in [5, 5.41) is 7.23. The molecule has 1 fully saturated rings. The van der Waals surface area contributed by atoms with Crippen LogP contribution < -0.4 is 5.32 Å². The van der Waals surface area contributed by atoms with Crippen LogP contribution in [0.3, 0.4) is 0 Å². The summed E-state index contributed by atoms with van der Waals surface area (Å²) in [6.07, 6.45) is 3.02. The van der Waals surface area contributed by atoms with E-state index in [2.05, 4.69) is 17.4 Å². The third kappa shape index (κ3) is 3.52. The van der Waals surface area contributed by atoms with Gasteiger partial charge in [0.05, 0.1) is 5.69 Å². The first-order chi connectivity index (χ1) is 9.15. The van der Waals surface area contributed by atoms with Crippen LogP contribution in [-0.4, -0.2) is 41.6 Å². The summed E-state index contributed by atoms with van der Waals surface area (Å²) in [5.41, 5.74) is 1.34. The number of amides is 1. The number of nitrogens with zero attached hydrogens (tertiary/aromatic N) is 2. The maximum Gasteiger partial charge on any atom is 0.259 e. The Hall–Kier alpha value is -1.07. The number of carbonyl (C=O) groups excluding carboxylic acids is 1. The summed E-state index contributed by atoms with van der Waals surface area (Å²) in [4.78, 5) is 14.7. The zero-order chi connectivity index (χ0) is 13.8. The van der Waals surface area contributed by atoms with Crippen LogP contribution in [0.1, 0.15) is 48.0 Å². The predicted octanol–water partition coefficient (Wildman–Crippen LogP) is 2.32. The summed E-state index contributed by atoms with van der Waals surface area (Å²) in [5.74, 6) is 0.697. The van der Waals surface area contributed by atoms with Crippen molar-refractivity contribution in [1.82, 2.24) is 15.4 Å². The average Bonchev–Trinajstić information content (AvgIpc) is 2.76. The van der Waals surface area contributed by atoms with Crippen molar-refractivity contribution in [2.24, 2.45) is 0 Å². The minimum Gasteiger partial charge on any atom is -0.361 e. The van der Waals surface area contributed by atoms with Gasteiger partial charge in [0.2, 0.25) is 0 Å². The van der Waals surface area contributed by atoms with Crippen molar-refractivity contribution in [2.75, 3.05) is 19.6 Å². The van der Waals surface area contributed by atoms with E-state index in [1.807, 2.05) is 11.8 Å². The molecular weight excluding hydrogens is 278 g/mol. The molecule has 0 atom stereocenters. The van der Waals surface area contributed by atoms with Crippen LogP contribution in [0.2, 0.25) is 0 Å². The van der Waals surface area contributed by atoms with Crippen LogP contribution in [0.15, 0.2) is 4.52 Å². The largest absolute Gasteiger partial charge is 0.361 e. The lowest BCUT2D eigenvalue weighted by molar-refractivity contribution is 0.0640. The van der Waals surface area contributed by atoms with Crippen LogP contribution in [0.4, 0.5) is 0 Å². The maximum absolute atomic E-state index is 12.7. The van der Waals surface area contributed by atoms with Crippen LogP contribution in [0, 0.1) is 13.8 Å². The molecule has 0 bridgehead atoms. The number of rotatable bonds is 4. The van der Waals surface area contributed by atoms with Gasteiger partial charge < -0.3 is 14.7 Å². The standard InChI is InChI=1S/C14H23N3O2.ClH/c1-4-9-17(12-5-7-15-8-6-12)14(18)13-10(2)16-19-11(13)3;/h12,15H,4-9H2,1-3H3;1H. The summed E-state index contributed by atoms with van der Waals surface area (Å²) in [6, 6.07) is 0.336.